The van der Waals surface area contributed by atoms with Crippen LogP contribution in [0.5, 0.6) is 11.5 Å². The minimum Gasteiger partial charge on any atom is -0.457 e. The smallest absolute Gasteiger partial charge is 0.264 e. The fraction of sp³-hybridized carbons (Fsp3) is 0.382. The Labute approximate surface area is 267 Å². The quantitative estimate of drug-likeness (QED) is 0.199. The van der Waals surface area contributed by atoms with E-state index in [2.05, 4.69) is 27.9 Å². The average Bonchev–Trinajstić information content (AvgIpc) is 3.42. The van der Waals surface area contributed by atoms with Crippen molar-refractivity contribution >= 4 is 22.8 Å². The van der Waals surface area contributed by atoms with Gasteiger partial charge in [-0.15, -0.1) is 0 Å². The van der Waals surface area contributed by atoms with Crippen molar-refractivity contribution in [3.63, 3.8) is 0 Å². The topological polar surface area (TPSA) is 135 Å². The van der Waals surface area contributed by atoms with Crippen molar-refractivity contribution in [3.05, 3.63) is 72.3 Å². The maximum atomic E-state index is 15.6. The van der Waals surface area contributed by atoms with E-state index >= 15 is 4.39 Å². The van der Waals surface area contributed by atoms with Gasteiger partial charge in [-0.2, -0.15) is 10.4 Å². The molecule has 0 spiro atoms. The molecular formula is C34H37FN8O3. The molecule has 2 aliphatic heterocycles. The SMILES string of the molecule is CCN(C1COC1)C(C)(C)/C=C(\C#N)C(=O)N1CCCC(n2nc(-c3ccc(Oc4ccccc4)cc3F)c3c(N)ncnc32)C1. The molecule has 2 N–H and O–H groups in total. The molecule has 0 bridgehead atoms. The zero-order chi connectivity index (χ0) is 32.4. The van der Waals surface area contributed by atoms with Gasteiger partial charge in [-0.3, -0.25) is 9.69 Å². The van der Waals surface area contributed by atoms with Crippen molar-refractivity contribution in [1.29, 1.82) is 5.26 Å². The summed E-state index contributed by atoms with van der Waals surface area (Å²) in [4.78, 5) is 26.3. The predicted molar refractivity (Wildman–Crippen MR) is 171 cm³/mol. The highest BCUT2D eigenvalue weighted by Crippen LogP contribution is 2.36. The molecule has 0 aliphatic carbocycles. The third-order valence-electron chi connectivity index (χ3n) is 8.71. The molecule has 1 amide bonds. The van der Waals surface area contributed by atoms with Gasteiger partial charge in [0.2, 0.25) is 0 Å². The number of para-hydroxylation sites is 1. The first kappa shape index (κ1) is 31.1. The number of hydrogen-bond acceptors (Lipinski definition) is 9. The number of carbonyl (C=O) groups excluding carboxylic acids is 1. The molecule has 0 saturated carbocycles. The number of ether oxygens (including phenoxy) is 2. The van der Waals surface area contributed by atoms with Crippen LogP contribution in [0.4, 0.5) is 10.2 Å². The molecule has 12 heteroatoms. The molecule has 0 radical (unpaired) electrons. The maximum Gasteiger partial charge on any atom is 0.264 e. The van der Waals surface area contributed by atoms with Gasteiger partial charge in [0.1, 0.15) is 46.8 Å². The molecule has 238 valence electrons. The Morgan fingerprint density at radius 2 is 2.00 bits per heavy atom. The molecule has 2 aromatic carbocycles. The van der Waals surface area contributed by atoms with Gasteiger partial charge in [-0.1, -0.05) is 25.1 Å². The number of likely N-dealkylation sites (tertiary alicyclic amines) is 1. The Morgan fingerprint density at radius 3 is 2.67 bits per heavy atom. The number of halogens is 1. The summed E-state index contributed by atoms with van der Waals surface area (Å²) in [5.74, 6) is 0.242. The van der Waals surface area contributed by atoms with Crippen LogP contribution in [0, 0.1) is 17.1 Å². The molecule has 2 aromatic heterocycles. The van der Waals surface area contributed by atoms with Crippen molar-refractivity contribution in [1.82, 2.24) is 29.5 Å². The lowest BCUT2D eigenvalue weighted by Gasteiger charge is -2.45. The summed E-state index contributed by atoms with van der Waals surface area (Å²) in [6, 6.07) is 15.8. The molecule has 4 aromatic rings. The number of benzene rings is 2. The number of anilines is 1. The second-order valence-electron chi connectivity index (χ2n) is 12.2. The number of aromatic nitrogens is 4. The summed E-state index contributed by atoms with van der Waals surface area (Å²) in [7, 11) is 0. The van der Waals surface area contributed by atoms with E-state index in [1.165, 1.54) is 12.4 Å². The van der Waals surface area contributed by atoms with E-state index in [0.717, 1.165) is 6.54 Å². The van der Waals surface area contributed by atoms with Gasteiger partial charge >= 0.3 is 0 Å². The van der Waals surface area contributed by atoms with Crippen LogP contribution < -0.4 is 10.5 Å². The van der Waals surface area contributed by atoms with Crippen LogP contribution in [0.3, 0.4) is 0 Å². The highest BCUT2D eigenvalue weighted by molar-refractivity contribution is 5.99. The first-order valence-electron chi connectivity index (χ1n) is 15.5. The minimum atomic E-state index is -0.537. The van der Waals surface area contributed by atoms with Gasteiger partial charge < -0.3 is 20.1 Å². The number of likely N-dealkylation sites (N-methyl/N-ethyl adjacent to an activating group) is 1. The van der Waals surface area contributed by atoms with Crippen LogP contribution in [0.2, 0.25) is 0 Å². The van der Waals surface area contributed by atoms with Gasteiger partial charge in [0, 0.05) is 30.3 Å². The van der Waals surface area contributed by atoms with Gasteiger partial charge in [-0.25, -0.2) is 19.0 Å². The number of nitrogen functional groups attached to an aromatic ring is 1. The summed E-state index contributed by atoms with van der Waals surface area (Å²) >= 11 is 0. The van der Waals surface area contributed by atoms with E-state index < -0.39 is 11.4 Å². The lowest BCUT2D eigenvalue weighted by atomic mass is 9.95. The highest BCUT2D eigenvalue weighted by Gasteiger charge is 2.36. The van der Waals surface area contributed by atoms with Crippen molar-refractivity contribution < 1.29 is 18.7 Å². The molecule has 1 unspecified atom stereocenters. The Balaban J connectivity index is 1.28. The fourth-order valence-corrected chi connectivity index (χ4v) is 6.44. The molecular weight excluding hydrogens is 587 g/mol. The summed E-state index contributed by atoms with van der Waals surface area (Å²) in [6.07, 6.45) is 4.52. The van der Waals surface area contributed by atoms with Crippen LogP contribution >= 0.6 is 0 Å². The monoisotopic (exact) mass is 624 g/mol. The zero-order valence-electron chi connectivity index (χ0n) is 26.2. The third-order valence-corrected chi connectivity index (χ3v) is 8.71. The van der Waals surface area contributed by atoms with Crippen LogP contribution in [0.1, 0.15) is 39.7 Å². The molecule has 46 heavy (non-hydrogen) atoms. The van der Waals surface area contributed by atoms with Crippen LogP contribution in [-0.2, 0) is 9.53 Å². The number of fused-ring (bicyclic) bond motifs is 1. The molecule has 6 rings (SSSR count). The average molecular weight is 625 g/mol. The van der Waals surface area contributed by atoms with E-state index in [4.69, 9.17) is 20.3 Å². The number of nitrogens with two attached hydrogens (primary N) is 1. The maximum absolute atomic E-state index is 15.6. The number of amides is 1. The lowest BCUT2D eigenvalue weighted by molar-refractivity contribution is -0.128. The lowest BCUT2D eigenvalue weighted by Crippen LogP contribution is -2.57. The third kappa shape index (κ3) is 6.03. The number of carbonyl (C=O) groups is 1. The van der Waals surface area contributed by atoms with Crippen molar-refractivity contribution in [2.24, 2.45) is 0 Å². The van der Waals surface area contributed by atoms with E-state index in [-0.39, 0.29) is 34.9 Å². The van der Waals surface area contributed by atoms with Gasteiger partial charge in [-0.05, 0) is 63.6 Å². The summed E-state index contributed by atoms with van der Waals surface area (Å²) in [6.45, 7) is 8.94. The summed E-state index contributed by atoms with van der Waals surface area (Å²) < 4.78 is 28.5. The number of hydrogen-bond donors (Lipinski definition) is 1. The second-order valence-corrected chi connectivity index (χ2v) is 12.2. The molecule has 11 nitrogen and oxygen atoms in total. The van der Waals surface area contributed by atoms with E-state index in [0.29, 0.717) is 67.4 Å². The Hall–Kier alpha value is -4.86. The number of piperidine rings is 1. The largest absolute Gasteiger partial charge is 0.457 e. The number of nitriles is 1. The van der Waals surface area contributed by atoms with Crippen LogP contribution in [0.25, 0.3) is 22.3 Å². The van der Waals surface area contributed by atoms with Gasteiger partial charge in [0.25, 0.3) is 5.91 Å². The first-order chi connectivity index (χ1) is 22.2. The molecule has 1 atom stereocenters. The van der Waals surface area contributed by atoms with E-state index in [9.17, 15) is 10.1 Å². The first-order valence-corrected chi connectivity index (χ1v) is 15.5. The minimum absolute atomic E-state index is 0.0989. The Bertz CT molecular complexity index is 1810. The molecule has 4 heterocycles. The summed E-state index contributed by atoms with van der Waals surface area (Å²) in [5.41, 5.74) is 6.87. The molecule has 2 aliphatic rings. The van der Waals surface area contributed by atoms with Gasteiger partial charge in [0.15, 0.2) is 5.65 Å². The second kappa shape index (κ2) is 12.9. The van der Waals surface area contributed by atoms with E-state index in [1.54, 1.807) is 39.9 Å². The van der Waals surface area contributed by atoms with Gasteiger partial charge in [0.05, 0.1) is 30.7 Å². The highest BCUT2D eigenvalue weighted by atomic mass is 19.1. The van der Waals surface area contributed by atoms with Crippen LogP contribution in [0.15, 0.2) is 66.5 Å². The standard InChI is InChI=1S/C34H37FN8O3/c1-4-42(24-19-45-20-24)34(2,3)16-22(17-36)33(44)41-14-8-9-23(18-41)43-32-29(31(37)38-21-39-32)30(40-43)27-13-12-26(15-28(27)35)46-25-10-6-5-7-11-25/h5-7,10-13,15-16,21,23-24H,4,8-9,14,18-20H2,1-3H3,(H2,37,38,39)/b22-16+. The fourth-order valence-electron chi connectivity index (χ4n) is 6.44. The normalized spacial score (nSPS) is 17.6. The Morgan fingerprint density at radius 1 is 1.22 bits per heavy atom. The van der Waals surface area contributed by atoms with E-state index in [1.807, 2.05) is 32.0 Å². The van der Waals surface area contributed by atoms with Crippen molar-refractivity contribution in [2.45, 2.75) is 51.2 Å². The van der Waals surface area contributed by atoms with Crippen molar-refractivity contribution in [2.75, 3.05) is 38.6 Å². The Kier molecular flexibility index (Phi) is 8.71. The number of rotatable bonds is 9. The van der Waals surface area contributed by atoms with Crippen LogP contribution in [-0.4, -0.2) is 79.9 Å². The number of nitrogens with zero attached hydrogens (tertiary/aromatic N) is 7. The summed E-state index contributed by atoms with van der Waals surface area (Å²) in [5, 5.41) is 15.3. The van der Waals surface area contributed by atoms with Crippen molar-refractivity contribution in [3.8, 4) is 28.8 Å². The zero-order valence-corrected chi connectivity index (χ0v) is 26.2. The molecule has 2 fully saturated rings. The predicted octanol–water partition coefficient (Wildman–Crippen LogP) is 5.12. The molecule has 2 saturated heterocycles.